The number of hydrogen-bond donors (Lipinski definition) is 1. The van der Waals surface area contributed by atoms with Gasteiger partial charge in [-0.2, -0.15) is 10.5 Å². The van der Waals surface area contributed by atoms with Crippen molar-refractivity contribution in [3.63, 3.8) is 0 Å². The summed E-state index contributed by atoms with van der Waals surface area (Å²) in [5.41, 5.74) is -1.08. The number of fused-ring (bicyclic) bond motifs is 2. The van der Waals surface area contributed by atoms with Crippen LogP contribution < -0.4 is 5.32 Å². The average molecular weight is 381 g/mol. The van der Waals surface area contributed by atoms with Gasteiger partial charge in [0.2, 0.25) is 5.41 Å². The van der Waals surface area contributed by atoms with E-state index in [2.05, 4.69) is 35.9 Å². The van der Waals surface area contributed by atoms with E-state index in [4.69, 9.17) is 9.47 Å². The third kappa shape index (κ3) is 4.60. The van der Waals surface area contributed by atoms with E-state index in [-0.39, 0.29) is 37.1 Å². The molecule has 0 amide bonds. The molecule has 7 nitrogen and oxygen atoms in total. The topological polar surface area (TPSA) is 112 Å². The second kappa shape index (κ2) is 9.22. The molecule has 2 heterocycles. The van der Waals surface area contributed by atoms with E-state index in [9.17, 15) is 20.1 Å². The van der Waals surface area contributed by atoms with Gasteiger partial charge < -0.3 is 14.8 Å². The van der Waals surface area contributed by atoms with E-state index in [0.29, 0.717) is 5.57 Å². The molecule has 0 aliphatic carbocycles. The molecule has 7 heteroatoms. The van der Waals surface area contributed by atoms with Crippen LogP contribution in [0.1, 0.15) is 26.7 Å². The minimum atomic E-state index is -1.68. The fourth-order valence-electron chi connectivity index (χ4n) is 3.78. The third-order valence-corrected chi connectivity index (χ3v) is 5.03. The highest BCUT2D eigenvalue weighted by molar-refractivity contribution is 5.66. The van der Waals surface area contributed by atoms with Crippen LogP contribution in [-0.4, -0.2) is 37.2 Å². The van der Waals surface area contributed by atoms with Gasteiger partial charge in [0.15, 0.2) is 6.61 Å². The number of carbonyl (C=O) groups excluding carboxylic acids is 2. The summed E-state index contributed by atoms with van der Waals surface area (Å²) in [4.78, 5) is 22.2. The first-order valence-corrected chi connectivity index (χ1v) is 9.07. The van der Waals surface area contributed by atoms with Gasteiger partial charge in [0.1, 0.15) is 12.1 Å². The summed E-state index contributed by atoms with van der Waals surface area (Å²) < 4.78 is 9.97. The smallest absolute Gasteiger partial charge is 0.303 e. The van der Waals surface area contributed by atoms with Crippen LogP contribution in [0.25, 0.3) is 0 Å². The van der Waals surface area contributed by atoms with Crippen LogP contribution in [0.3, 0.4) is 0 Å². The van der Waals surface area contributed by atoms with Gasteiger partial charge in [-0.3, -0.25) is 9.59 Å². The lowest BCUT2D eigenvalue weighted by molar-refractivity contribution is -0.142. The minimum absolute atomic E-state index is 0.0277. The van der Waals surface area contributed by atoms with E-state index in [1.54, 1.807) is 6.08 Å². The molecule has 0 aromatic rings. The zero-order valence-corrected chi connectivity index (χ0v) is 16.0. The number of ether oxygens (including phenoxy) is 2. The first kappa shape index (κ1) is 21.2. The molecule has 0 aromatic heterocycles. The third-order valence-electron chi connectivity index (χ3n) is 5.03. The van der Waals surface area contributed by atoms with Gasteiger partial charge in [0, 0.05) is 37.8 Å². The summed E-state index contributed by atoms with van der Waals surface area (Å²) in [6, 6.07) is 4.19. The molecule has 0 spiro atoms. The van der Waals surface area contributed by atoms with E-state index >= 15 is 0 Å². The summed E-state index contributed by atoms with van der Waals surface area (Å²) in [7, 11) is 0. The lowest BCUT2D eigenvalue weighted by Crippen LogP contribution is -2.47. The quantitative estimate of drug-likeness (QED) is 0.423. The molecule has 2 aliphatic heterocycles. The molecule has 1 unspecified atom stereocenters. The van der Waals surface area contributed by atoms with Crippen LogP contribution in [0, 0.1) is 51.8 Å². The van der Waals surface area contributed by atoms with Crippen molar-refractivity contribution < 1.29 is 19.1 Å². The van der Waals surface area contributed by atoms with Crippen molar-refractivity contribution >= 4 is 11.9 Å². The van der Waals surface area contributed by atoms with E-state index in [1.165, 1.54) is 13.8 Å². The number of carbonyl (C=O) groups is 2. The summed E-state index contributed by atoms with van der Waals surface area (Å²) in [5, 5.41) is 23.2. The zero-order chi connectivity index (χ0) is 20.7. The molecule has 0 aromatic carbocycles. The first-order chi connectivity index (χ1) is 13.4. The van der Waals surface area contributed by atoms with Crippen LogP contribution in [0.5, 0.6) is 0 Å². The van der Waals surface area contributed by atoms with Crippen LogP contribution >= 0.6 is 0 Å². The van der Waals surface area contributed by atoms with Gasteiger partial charge in [-0.25, -0.2) is 0 Å². The molecule has 1 saturated heterocycles. The summed E-state index contributed by atoms with van der Waals surface area (Å²) in [6.45, 7) is 6.36. The van der Waals surface area contributed by atoms with Gasteiger partial charge >= 0.3 is 11.9 Å². The number of rotatable bonds is 6. The highest BCUT2D eigenvalue weighted by atomic mass is 16.5. The molecule has 1 fully saturated rings. The van der Waals surface area contributed by atoms with Crippen molar-refractivity contribution in [1.29, 1.82) is 10.5 Å². The van der Waals surface area contributed by atoms with Gasteiger partial charge in [-0.15, -0.1) is 6.58 Å². The molecule has 1 N–H and O–H groups in total. The summed E-state index contributed by atoms with van der Waals surface area (Å²) in [6.07, 6.45) is 5.34. The lowest BCUT2D eigenvalue weighted by atomic mass is 9.68. The molecular formula is C21H23N3O4. The van der Waals surface area contributed by atoms with E-state index in [0.717, 1.165) is 12.8 Å². The molecule has 4 atom stereocenters. The van der Waals surface area contributed by atoms with Gasteiger partial charge in [-0.05, 0) is 18.4 Å². The van der Waals surface area contributed by atoms with Crippen LogP contribution in [0.4, 0.5) is 0 Å². The van der Waals surface area contributed by atoms with Crippen LogP contribution in [-0.2, 0) is 19.1 Å². The highest BCUT2D eigenvalue weighted by Gasteiger charge is 2.48. The molecule has 0 saturated carbocycles. The normalized spacial score (nSPS) is 23.7. The predicted octanol–water partition coefficient (Wildman–Crippen LogP) is 1.63. The Kier molecular flexibility index (Phi) is 6.99. The minimum Gasteiger partial charge on any atom is -0.465 e. The maximum Gasteiger partial charge on any atom is 0.303 e. The summed E-state index contributed by atoms with van der Waals surface area (Å²) in [5.74, 6) is 3.90. The fraction of sp³-hybridized carbons (Fsp3) is 0.524. The molecule has 2 aliphatic rings. The Balaban J connectivity index is 2.42. The number of esters is 2. The number of hydrogen-bond acceptors (Lipinski definition) is 7. The molecule has 0 radical (unpaired) electrons. The number of nitrogens with one attached hydrogen (secondary N) is 1. The maximum atomic E-state index is 11.3. The van der Waals surface area contributed by atoms with Crippen molar-refractivity contribution in [3.8, 4) is 24.0 Å². The highest BCUT2D eigenvalue weighted by Crippen LogP contribution is 2.44. The van der Waals surface area contributed by atoms with Crippen LogP contribution in [0.2, 0.25) is 0 Å². The Morgan fingerprint density at radius 1 is 1.32 bits per heavy atom. The van der Waals surface area contributed by atoms with Crippen molar-refractivity contribution in [3.05, 3.63) is 24.3 Å². The molecule has 2 bridgehead atoms. The first-order valence-electron chi connectivity index (χ1n) is 9.07. The maximum absolute atomic E-state index is 11.3. The zero-order valence-electron chi connectivity index (χ0n) is 16.0. The van der Waals surface area contributed by atoms with Crippen molar-refractivity contribution in [1.82, 2.24) is 5.32 Å². The second-order valence-electron chi connectivity index (χ2n) is 6.86. The second-order valence-corrected chi connectivity index (χ2v) is 6.86. The molecule has 2 rings (SSSR count). The Labute approximate surface area is 165 Å². The molecular weight excluding hydrogens is 358 g/mol. The largest absolute Gasteiger partial charge is 0.465 e. The monoisotopic (exact) mass is 381 g/mol. The lowest BCUT2D eigenvalue weighted by Gasteiger charge is -2.38. The fourth-order valence-corrected chi connectivity index (χ4v) is 3.78. The standard InChI is InChI=1S/C21H23N3O4/c1-4-16(11-28-15(3)26)20-18(10-17-6-7-19(20)24-17)21(12-22,13-23)8-5-9-27-14(2)25/h4,10,16-17,19-20,24H,1,6-7,9,11H2,2-3H3/t16?,17-,19+,20-/m1/s1. The number of nitrogens with zero attached hydrogens (tertiary/aromatic N) is 2. The van der Waals surface area contributed by atoms with E-state index in [1.807, 2.05) is 6.08 Å². The SMILES string of the molecule is C=CC(COC(C)=O)[C@@H]1C(C(C#N)(C#N)C#CCOC(C)=O)=C[C@H]2CC[C@@H]1N2. The van der Waals surface area contributed by atoms with Crippen LogP contribution in [0.15, 0.2) is 24.3 Å². The van der Waals surface area contributed by atoms with Crippen molar-refractivity contribution in [2.75, 3.05) is 13.2 Å². The van der Waals surface area contributed by atoms with Gasteiger partial charge in [-0.1, -0.05) is 24.0 Å². The van der Waals surface area contributed by atoms with Gasteiger partial charge in [0.25, 0.3) is 0 Å². The van der Waals surface area contributed by atoms with Crippen molar-refractivity contribution in [2.24, 2.45) is 17.3 Å². The Bertz CT molecular complexity index is 807. The molecule has 146 valence electrons. The summed E-state index contributed by atoms with van der Waals surface area (Å²) >= 11 is 0. The number of nitriles is 2. The predicted molar refractivity (Wildman–Crippen MR) is 99.9 cm³/mol. The molecule has 28 heavy (non-hydrogen) atoms. The van der Waals surface area contributed by atoms with E-state index < -0.39 is 17.4 Å². The van der Waals surface area contributed by atoms with Crippen molar-refractivity contribution in [2.45, 2.75) is 38.8 Å². The Morgan fingerprint density at radius 2 is 2.00 bits per heavy atom. The van der Waals surface area contributed by atoms with Gasteiger partial charge in [0.05, 0.1) is 6.61 Å². The Morgan fingerprint density at radius 3 is 2.57 bits per heavy atom. The average Bonchev–Trinajstić information content (AvgIpc) is 3.05. The Hall–Kier alpha value is -3.08.